The molecule has 1 atom stereocenters. The lowest BCUT2D eigenvalue weighted by molar-refractivity contribution is 0.415. The highest BCUT2D eigenvalue weighted by molar-refractivity contribution is 9.10. The van der Waals surface area contributed by atoms with E-state index in [1.807, 2.05) is 26.0 Å². The van der Waals surface area contributed by atoms with Crippen LogP contribution in [0, 0.1) is 12.7 Å². The molecule has 20 heavy (non-hydrogen) atoms. The van der Waals surface area contributed by atoms with E-state index in [0.29, 0.717) is 0 Å². The van der Waals surface area contributed by atoms with Crippen LogP contribution >= 0.6 is 15.9 Å². The molecule has 1 unspecified atom stereocenters. The molecule has 0 fully saturated rings. The van der Waals surface area contributed by atoms with Gasteiger partial charge in [-0.1, -0.05) is 15.9 Å². The van der Waals surface area contributed by atoms with Crippen LogP contribution in [0.5, 0.6) is 5.75 Å². The predicted molar refractivity (Wildman–Crippen MR) is 81.7 cm³/mol. The fraction of sp³-hybridized carbons (Fsp3) is 0.267. The van der Waals surface area contributed by atoms with Crippen LogP contribution in [0.15, 0.2) is 34.9 Å². The number of benzene rings is 1. The Morgan fingerprint density at radius 1 is 1.35 bits per heavy atom. The maximum atomic E-state index is 12.9. The lowest BCUT2D eigenvalue weighted by Crippen LogP contribution is -2.10. The van der Waals surface area contributed by atoms with Gasteiger partial charge in [-0.25, -0.2) is 4.39 Å². The number of halogens is 2. The van der Waals surface area contributed by atoms with Gasteiger partial charge in [0.2, 0.25) is 0 Å². The maximum absolute atomic E-state index is 12.9. The summed E-state index contributed by atoms with van der Waals surface area (Å²) in [5.74, 6) is 0.421. The summed E-state index contributed by atoms with van der Waals surface area (Å²) >= 11 is 3.45. The van der Waals surface area contributed by atoms with Gasteiger partial charge in [0.05, 0.1) is 30.7 Å². The van der Waals surface area contributed by atoms with Gasteiger partial charge < -0.3 is 10.1 Å². The van der Waals surface area contributed by atoms with Gasteiger partial charge in [0.1, 0.15) is 11.6 Å². The van der Waals surface area contributed by atoms with Crippen molar-refractivity contribution in [2.45, 2.75) is 19.9 Å². The number of aromatic nitrogens is 1. The van der Waals surface area contributed by atoms with Gasteiger partial charge in [0.25, 0.3) is 0 Å². The third-order valence-corrected chi connectivity index (χ3v) is 3.50. The van der Waals surface area contributed by atoms with Crippen molar-refractivity contribution in [2.24, 2.45) is 0 Å². The average molecular weight is 339 g/mol. The summed E-state index contributed by atoms with van der Waals surface area (Å²) in [4.78, 5) is 4.09. The molecule has 1 aromatic heterocycles. The highest BCUT2D eigenvalue weighted by atomic mass is 79.9. The molecule has 5 heteroatoms. The molecule has 0 saturated carbocycles. The summed E-state index contributed by atoms with van der Waals surface area (Å²) < 4.78 is 19.2. The molecular formula is C15H16BrFN2O. The van der Waals surface area contributed by atoms with E-state index >= 15 is 0 Å². The number of aryl methyl sites for hydroxylation is 1. The second kappa shape index (κ2) is 6.22. The molecule has 3 nitrogen and oxygen atoms in total. The van der Waals surface area contributed by atoms with E-state index in [1.165, 1.54) is 12.3 Å². The van der Waals surface area contributed by atoms with Crippen LogP contribution in [-0.2, 0) is 0 Å². The van der Waals surface area contributed by atoms with Crippen LogP contribution in [0.4, 0.5) is 10.1 Å². The molecule has 2 aromatic rings. The van der Waals surface area contributed by atoms with Gasteiger partial charge in [0, 0.05) is 4.47 Å². The van der Waals surface area contributed by atoms with Crippen LogP contribution in [0.3, 0.4) is 0 Å². The topological polar surface area (TPSA) is 34.1 Å². The van der Waals surface area contributed by atoms with Crippen LogP contribution in [-0.4, -0.2) is 12.1 Å². The molecule has 0 radical (unpaired) electrons. The summed E-state index contributed by atoms with van der Waals surface area (Å²) in [7, 11) is 1.63. The Hall–Kier alpha value is -1.62. The quantitative estimate of drug-likeness (QED) is 0.892. The SMILES string of the molecule is COc1cc(Br)cc(C)c1NC(C)c1ccc(F)cn1. The first-order valence-corrected chi connectivity index (χ1v) is 7.02. The smallest absolute Gasteiger partial charge is 0.143 e. The number of hydrogen-bond acceptors (Lipinski definition) is 3. The minimum Gasteiger partial charge on any atom is -0.495 e. The predicted octanol–water partition coefficient (Wildman–Crippen LogP) is 4.47. The number of hydrogen-bond donors (Lipinski definition) is 1. The number of pyridine rings is 1. The molecule has 0 aliphatic rings. The number of nitrogens with one attached hydrogen (secondary N) is 1. The third-order valence-electron chi connectivity index (χ3n) is 3.04. The van der Waals surface area contributed by atoms with E-state index < -0.39 is 0 Å². The summed E-state index contributed by atoms with van der Waals surface area (Å²) in [5, 5.41) is 3.36. The lowest BCUT2D eigenvalue weighted by atomic mass is 10.1. The van der Waals surface area contributed by atoms with Gasteiger partial charge in [-0.2, -0.15) is 0 Å². The molecule has 0 amide bonds. The fourth-order valence-electron chi connectivity index (χ4n) is 1.99. The molecule has 1 aromatic carbocycles. The molecule has 2 rings (SSSR count). The van der Waals surface area contributed by atoms with Crippen molar-refractivity contribution in [3.05, 3.63) is 52.0 Å². The zero-order valence-electron chi connectivity index (χ0n) is 11.6. The standard InChI is InChI=1S/C15H16BrFN2O/c1-9-6-11(16)7-14(20-3)15(9)19-10(2)13-5-4-12(17)8-18-13/h4-8,10,19H,1-3H3. The Morgan fingerprint density at radius 3 is 2.70 bits per heavy atom. The molecule has 0 bridgehead atoms. The van der Waals surface area contributed by atoms with Crippen molar-refractivity contribution < 1.29 is 9.13 Å². The van der Waals surface area contributed by atoms with E-state index in [1.54, 1.807) is 13.2 Å². The minimum atomic E-state index is -0.335. The van der Waals surface area contributed by atoms with E-state index in [9.17, 15) is 4.39 Å². The second-order valence-corrected chi connectivity index (χ2v) is 5.48. The number of nitrogens with zero attached hydrogens (tertiary/aromatic N) is 1. The summed E-state index contributed by atoms with van der Waals surface area (Å²) in [6.07, 6.45) is 1.22. The number of methoxy groups -OCH3 is 1. The van der Waals surface area contributed by atoms with Crippen molar-refractivity contribution in [1.29, 1.82) is 0 Å². The maximum Gasteiger partial charge on any atom is 0.143 e. The van der Waals surface area contributed by atoms with Gasteiger partial charge in [-0.3, -0.25) is 4.98 Å². The molecule has 0 spiro atoms. The van der Waals surface area contributed by atoms with E-state index in [-0.39, 0.29) is 11.9 Å². The normalized spacial score (nSPS) is 12.1. The molecule has 1 N–H and O–H groups in total. The monoisotopic (exact) mass is 338 g/mol. The summed E-state index contributed by atoms with van der Waals surface area (Å²) in [6.45, 7) is 3.97. The zero-order valence-corrected chi connectivity index (χ0v) is 13.2. The molecule has 1 heterocycles. The van der Waals surface area contributed by atoms with E-state index in [0.717, 1.165) is 27.2 Å². The lowest BCUT2D eigenvalue weighted by Gasteiger charge is -2.19. The van der Waals surface area contributed by atoms with Crippen molar-refractivity contribution in [3.63, 3.8) is 0 Å². The Morgan fingerprint density at radius 2 is 2.10 bits per heavy atom. The van der Waals surface area contributed by atoms with Gasteiger partial charge in [-0.15, -0.1) is 0 Å². The fourth-order valence-corrected chi connectivity index (χ4v) is 2.54. The Kier molecular flexibility index (Phi) is 4.60. The first-order valence-electron chi connectivity index (χ1n) is 6.23. The number of anilines is 1. The highest BCUT2D eigenvalue weighted by Gasteiger charge is 2.13. The van der Waals surface area contributed by atoms with E-state index in [4.69, 9.17) is 4.74 Å². The summed E-state index contributed by atoms with van der Waals surface area (Å²) in [5.41, 5.74) is 2.75. The van der Waals surface area contributed by atoms with Gasteiger partial charge in [-0.05, 0) is 43.7 Å². The highest BCUT2D eigenvalue weighted by Crippen LogP contribution is 2.34. The molecular weight excluding hydrogens is 323 g/mol. The van der Waals surface area contributed by atoms with Gasteiger partial charge in [0.15, 0.2) is 0 Å². The van der Waals surface area contributed by atoms with Crippen molar-refractivity contribution >= 4 is 21.6 Å². The zero-order chi connectivity index (χ0) is 14.7. The van der Waals surface area contributed by atoms with Crippen molar-refractivity contribution in [3.8, 4) is 5.75 Å². The third kappa shape index (κ3) is 3.28. The van der Waals surface area contributed by atoms with Crippen LogP contribution in [0.25, 0.3) is 0 Å². The first-order chi connectivity index (χ1) is 9.51. The number of rotatable bonds is 4. The Bertz CT molecular complexity index is 602. The van der Waals surface area contributed by atoms with Gasteiger partial charge >= 0.3 is 0 Å². The second-order valence-electron chi connectivity index (χ2n) is 4.57. The van der Waals surface area contributed by atoms with E-state index in [2.05, 4.69) is 26.2 Å². The molecule has 0 aliphatic carbocycles. The van der Waals surface area contributed by atoms with Crippen molar-refractivity contribution in [2.75, 3.05) is 12.4 Å². The molecule has 106 valence electrons. The minimum absolute atomic E-state index is 0.0515. The van der Waals surface area contributed by atoms with Crippen LogP contribution in [0.1, 0.15) is 24.2 Å². The Labute approximate surface area is 126 Å². The van der Waals surface area contributed by atoms with Crippen LogP contribution in [0.2, 0.25) is 0 Å². The van der Waals surface area contributed by atoms with Crippen molar-refractivity contribution in [1.82, 2.24) is 4.98 Å². The first kappa shape index (κ1) is 14.8. The molecule has 0 saturated heterocycles. The average Bonchev–Trinajstić information content (AvgIpc) is 2.42. The Balaban J connectivity index is 2.27. The summed E-state index contributed by atoms with van der Waals surface area (Å²) in [6, 6.07) is 6.94. The largest absolute Gasteiger partial charge is 0.495 e. The van der Waals surface area contributed by atoms with Crippen LogP contribution < -0.4 is 10.1 Å². The molecule has 0 aliphatic heterocycles. The number of ether oxygens (including phenoxy) is 1.